The van der Waals surface area contributed by atoms with E-state index in [4.69, 9.17) is 9.47 Å². The summed E-state index contributed by atoms with van der Waals surface area (Å²) < 4.78 is 11.5. The van der Waals surface area contributed by atoms with Crippen molar-refractivity contribution in [3.63, 3.8) is 0 Å². The number of piperidine rings is 2. The summed E-state index contributed by atoms with van der Waals surface area (Å²) in [4.78, 5) is 51.6. The first-order valence-electron chi connectivity index (χ1n) is 19.5. The van der Waals surface area contributed by atoms with Gasteiger partial charge in [0.05, 0.1) is 7.11 Å². The van der Waals surface area contributed by atoms with Gasteiger partial charge in [-0.3, -0.25) is 14.6 Å². The van der Waals surface area contributed by atoms with Crippen molar-refractivity contribution >= 4 is 23.7 Å². The fraction of sp³-hybridized carbons (Fsp3) is 0.500. The molecule has 0 aromatic heterocycles. The van der Waals surface area contributed by atoms with Crippen LogP contribution < -0.4 is 10.1 Å². The molecule has 4 aliphatic heterocycles. The Balaban J connectivity index is 0.956. The Bertz CT molecular complexity index is 1770. The topological polar surface area (TPSA) is 118 Å². The van der Waals surface area contributed by atoms with Crippen molar-refractivity contribution in [2.24, 2.45) is 0 Å². The summed E-state index contributed by atoms with van der Waals surface area (Å²) in [7, 11) is 1.49. The normalized spacial score (nSPS) is 19.8. The molecule has 12 heteroatoms. The lowest BCUT2D eigenvalue weighted by molar-refractivity contribution is -0.142. The number of rotatable bonds is 9. The first-order valence-corrected chi connectivity index (χ1v) is 19.5. The maximum atomic E-state index is 14.2. The standard InChI is InChI=1S/C42H54N6O6/c1-30-26-32(27-37(53-2)39(30)49)28-38(40(50)46-17-13-34(14-18-46)45-24-22-44(23-25-45)29-31-8-4-3-5-9-31)54-42(52)47-19-15-35(16-20-47)48-21-12-33-10-6-7-11-36(33)43-41(48)51/h3-11,26-27,34-35,38,49H,12-25,28-29H2,1-2H3,(H,43,51). The fourth-order valence-electron chi connectivity index (χ4n) is 8.56. The number of nitrogens with zero attached hydrogens (tertiary/aromatic N) is 5. The highest BCUT2D eigenvalue weighted by Gasteiger charge is 2.37. The Morgan fingerprint density at radius 2 is 1.48 bits per heavy atom. The van der Waals surface area contributed by atoms with E-state index in [-0.39, 0.29) is 30.2 Å². The molecule has 3 aromatic rings. The molecule has 0 aliphatic carbocycles. The molecule has 7 rings (SSSR count). The Hall–Kier alpha value is -4.81. The molecular formula is C42H54N6O6. The number of aromatic hydroxyl groups is 1. The lowest BCUT2D eigenvalue weighted by Gasteiger charge is -2.43. The number of fused-ring (bicyclic) bond motifs is 1. The zero-order chi connectivity index (χ0) is 37.6. The maximum Gasteiger partial charge on any atom is 0.410 e. The number of aryl methyl sites for hydroxylation is 1. The molecule has 12 nitrogen and oxygen atoms in total. The van der Waals surface area contributed by atoms with Crippen molar-refractivity contribution in [2.75, 3.05) is 71.3 Å². The van der Waals surface area contributed by atoms with Gasteiger partial charge in [0, 0.05) is 89.6 Å². The summed E-state index contributed by atoms with van der Waals surface area (Å²) in [5.74, 6) is 0.165. The number of benzene rings is 3. The van der Waals surface area contributed by atoms with Crippen molar-refractivity contribution < 1.29 is 29.0 Å². The van der Waals surface area contributed by atoms with Crippen LogP contribution in [0.4, 0.5) is 15.3 Å². The van der Waals surface area contributed by atoms with Crippen LogP contribution in [0, 0.1) is 6.92 Å². The Labute approximate surface area is 318 Å². The number of amides is 4. The number of ether oxygens (including phenoxy) is 2. The number of carbonyl (C=O) groups excluding carboxylic acids is 3. The molecule has 4 heterocycles. The summed E-state index contributed by atoms with van der Waals surface area (Å²) >= 11 is 0. The van der Waals surface area contributed by atoms with E-state index in [1.54, 1.807) is 17.9 Å². The zero-order valence-electron chi connectivity index (χ0n) is 31.6. The van der Waals surface area contributed by atoms with E-state index >= 15 is 0 Å². The second kappa shape index (κ2) is 17.1. The molecule has 0 radical (unpaired) electrons. The molecule has 3 saturated heterocycles. The summed E-state index contributed by atoms with van der Waals surface area (Å²) in [6.07, 6.45) is 2.38. The minimum absolute atomic E-state index is 0.00126. The van der Waals surface area contributed by atoms with E-state index in [2.05, 4.69) is 45.4 Å². The highest BCUT2D eigenvalue weighted by molar-refractivity contribution is 5.91. The maximum absolute atomic E-state index is 14.2. The number of urea groups is 1. The van der Waals surface area contributed by atoms with Crippen molar-refractivity contribution in [2.45, 2.75) is 70.2 Å². The number of methoxy groups -OCH3 is 1. The lowest BCUT2D eigenvalue weighted by Crippen LogP contribution is -2.55. The van der Waals surface area contributed by atoms with Gasteiger partial charge in [0.1, 0.15) is 0 Å². The predicted molar refractivity (Wildman–Crippen MR) is 207 cm³/mol. The van der Waals surface area contributed by atoms with Crippen LogP contribution in [-0.4, -0.2) is 132 Å². The van der Waals surface area contributed by atoms with Gasteiger partial charge in [0.15, 0.2) is 17.6 Å². The average molecular weight is 739 g/mol. The number of nitrogens with one attached hydrogen (secondary N) is 1. The van der Waals surface area contributed by atoms with Crippen molar-refractivity contribution in [3.05, 3.63) is 89.0 Å². The second-order valence-corrected chi connectivity index (χ2v) is 15.1. The van der Waals surface area contributed by atoms with Crippen LogP contribution in [0.5, 0.6) is 11.5 Å². The van der Waals surface area contributed by atoms with Crippen LogP contribution >= 0.6 is 0 Å². The van der Waals surface area contributed by atoms with Gasteiger partial charge in [-0.25, -0.2) is 9.59 Å². The molecule has 54 heavy (non-hydrogen) atoms. The third kappa shape index (κ3) is 8.76. The van der Waals surface area contributed by atoms with E-state index in [0.29, 0.717) is 62.9 Å². The van der Waals surface area contributed by atoms with Crippen LogP contribution in [0.15, 0.2) is 66.7 Å². The van der Waals surface area contributed by atoms with Crippen molar-refractivity contribution in [1.29, 1.82) is 0 Å². The lowest BCUT2D eigenvalue weighted by atomic mass is 9.99. The molecule has 1 atom stereocenters. The third-order valence-electron chi connectivity index (χ3n) is 11.7. The molecule has 2 N–H and O–H groups in total. The molecule has 3 aromatic carbocycles. The largest absolute Gasteiger partial charge is 0.504 e. The van der Waals surface area contributed by atoms with E-state index in [1.165, 1.54) is 12.7 Å². The van der Waals surface area contributed by atoms with Crippen LogP contribution in [-0.2, 0) is 28.9 Å². The van der Waals surface area contributed by atoms with Gasteiger partial charge in [0.2, 0.25) is 0 Å². The summed E-state index contributed by atoms with van der Waals surface area (Å²) in [5, 5.41) is 13.5. The van der Waals surface area contributed by atoms with Crippen LogP contribution in [0.2, 0.25) is 0 Å². The van der Waals surface area contributed by atoms with Gasteiger partial charge in [0.25, 0.3) is 5.91 Å². The van der Waals surface area contributed by atoms with Crippen LogP contribution in [0.25, 0.3) is 0 Å². The second-order valence-electron chi connectivity index (χ2n) is 15.1. The number of piperazine rings is 1. The van der Waals surface area contributed by atoms with Gasteiger partial charge < -0.3 is 34.6 Å². The van der Waals surface area contributed by atoms with E-state index < -0.39 is 12.2 Å². The van der Waals surface area contributed by atoms with E-state index in [9.17, 15) is 19.5 Å². The molecule has 288 valence electrons. The Kier molecular flexibility index (Phi) is 11.9. The molecule has 1 unspecified atom stereocenters. The van der Waals surface area contributed by atoms with Crippen molar-refractivity contribution in [1.82, 2.24) is 24.5 Å². The van der Waals surface area contributed by atoms with E-state index in [0.717, 1.165) is 68.8 Å². The third-order valence-corrected chi connectivity index (χ3v) is 11.7. The molecule has 0 spiro atoms. The number of para-hydroxylation sites is 1. The number of carbonyl (C=O) groups is 3. The number of hydrogen-bond donors (Lipinski definition) is 2. The highest BCUT2D eigenvalue weighted by Crippen LogP contribution is 2.32. The fourth-order valence-corrected chi connectivity index (χ4v) is 8.56. The SMILES string of the molecule is COc1cc(CC(OC(=O)N2CCC(N3CCc4ccccc4NC3=O)CC2)C(=O)N2CCC(N3CCN(Cc4ccccc4)CC3)CC2)cc(C)c1O. The number of phenols is 1. The van der Waals surface area contributed by atoms with Gasteiger partial charge in [-0.1, -0.05) is 54.6 Å². The summed E-state index contributed by atoms with van der Waals surface area (Å²) in [6.45, 7) is 9.51. The Morgan fingerprint density at radius 1 is 0.815 bits per heavy atom. The minimum Gasteiger partial charge on any atom is -0.504 e. The van der Waals surface area contributed by atoms with Gasteiger partial charge in [-0.05, 0) is 73.4 Å². The molecular weight excluding hydrogens is 684 g/mol. The minimum atomic E-state index is -1.03. The predicted octanol–water partition coefficient (Wildman–Crippen LogP) is 5.12. The molecule has 3 fully saturated rings. The zero-order valence-corrected chi connectivity index (χ0v) is 31.6. The molecule has 0 bridgehead atoms. The van der Waals surface area contributed by atoms with Gasteiger partial charge >= 0.3 is 12.1 Å². The molecule has 0 saturated carbocycles. The monoisotopic (exact) mass is 738 g/mol. The van der Waals surface area contributed by atoms with Gasteiger partial charge in [-0.2, -0.15) is 0 Å². The molecule has 4 amide bonds. The van der Waals surface area contributed by atoms with Gasteiger partial charge in [-0.15, -0.1) is 0 Å². The highest BCUT2D eigenvalue weighted by atomic mass is 16.6. The Morgan fingerprint density at radius 3 is 2.20 bits per heavy atom. The summed E-state index contributed by atoms with van der Waals surface area (Å²) in [6, 6.07) is 22.3. The number of phenolic OH excluding ortho intramolecular Hbond substituents is 1. The average Bonchev–Trinajstić information content (AvgIpc) is 3.37. The number of anilines is 1. The van der Waals surface area contributed by atoms with Crippen molar-refractivity contribution in [3.8, 4) is 11.5 Å². The summed E-state index contributed by atoms with van der Waals surface area (Å²) in [5.41, 5.74) is 4.67. The quantitative estimate of drug-likeness (QED) is 0.311. The van der Waals surface area contributed by atoms with Crippen LogP contribution in [0.1, 0.15) is 47.9 Å². The first kappa shape index (κ1) is 37.5. The number of likely N-dealkylation sites (tertiary alicyclic amines) is 2. The van der Waals surface area contributed by atoms with E-state index in [1.807, 2.05) is 40.1 Å². The first-order chi connectivity index (χ1) is 26.2. The number of hydrogen-bond acceptors (Lipinski definition) is 8. The molecule has 4 aliphatic rings. The smallest absolute Gasteiger partial charge is 0.410 e. The van der Waals surface area contributed by atoms with Crippen LogP contribution in [0.3, 0.4) is 0 Å².